The molecule has 4 heteroatoms. The molecule has 0 atom stereocenters. The average Bonchev–Trinajstić information content (AvgIpc) is 3.05. The molecule has 0 fully saturated rings. The largest absolute Gasteiger partial charge is 0.481 e. The molecular weight excluding hydrogens is 580 g/mol. The quantitative estimate of drug-likeness (QED) is 0.0639. The summed E-state index contributed by atoms with van der Waals surface area (Å²) in [6, 6.07) is 0. The minimum atomic E-state index is -0.747. The van der Waals surface area contributed by atoms with E-state index in [2.05, 4.69) is 13.8 Å². The van der Waals surface area contributed by atoms with Gasteiger partial charge in [-0.25, -0.2) is 0 Å². The summed E-state index contributed by atoms with van der Waals surface area (Å²) in [6.45, 7) is 4.56. The van der Waals surface area contributed by atoms with Crippen LogP contribution in [0.5, 0.6) is 0 Å². The highest BCUT2D eigenvalue weighted by Crippen LogP contribution is 2.41. The van der Waals surface area contributed by atoms with Crippen molar-refractivity contribution in [2.24, 2.45) is 5.41 Å². The lowest BCUT2D eigenvalue weighted by molar-refractivity contribution is -0.138. The van der Waals surface area contributed by atoms with Crippen LogP contribution < -0.4 is 0 Å². The van der Waals surface area contributed by atoms with Crippen LogP contribution >= 0.6 is 0 Å². The third-order valence-electron chi connectivity index (χ3n) is 10.9. The second kappa shape index (κ2) is 36.2. The Morgan fingerprint density at radius 1 is 0.319 bits per heavy atom. The van der Waals surface area contributed by atoms with Crippen LogP contribution in [0, 0.1) is 5.41 Å². The Morgan fingerprint density at radius 2 is 0.511 bits per heavy atom. The van der Waals surface area contributed by atoms with Crippen molar-refractivity contribution in [3.05, 3.63) is 0 Å². The van der Waals surface area contributed by atoms with Crippen LogP contribution in [0.15, 0.2) is 0 Å². The van der Waals surface area contributed by atoms with Crippen molar-refractivity contribution < 1.29 is 19.8 Å². The summed E-state index contributed by atoms with van der Waals surface area (Å²) in [5, 5.41) is 18.9. The van der Waals surface area contributed by atoms with Crippen molar-refractivity contribution >= 4 is 11.9 Å². The molecule has 0 radical (unpaired) electrons. The molecule has 0 aromatic carbocycles. The first kappa shape index (κ1) is 45.9. The molecule has 0 bridgehead atoms. The lowest BCUT2D eigenvalue weighted by Gasteiger charge is -2.34. The van der Waals surface area contributed by atoms with E-state index in [1.807, 2.05) is 0 Å². The van der Waals surface area contributed by atoms with E-state index in [0.717, 1.165) is 25.7 Å². The first-order chi connectivity index (χ1) is 23.0. The molecule has 0 heterocycles. The Bertz CT molecular complexity index is 604. The topological polar surface area (TPSA) is 74.6 Å². The first-order valence-corrected chi connectivity index (χ1v) is 21.4. The van der Waals surface area contributed by atoms with Crippen molar-refractivity contribution in [3.63, 3.8) is 0 Å². The molecule has 0 rings (SSSR count). The maximum Gasteiger partial charge on any atom is 0.303 e. The van der Waals surface area contributed by atoms with Gasteiger partial charge in [0.1, 0.15) is 0 Å². The lowest BCUT2D eigenvalue weighted by Crippen LogP contribution is -2.24. The van der Waals surface area contributed by atoms with Crippen LogP contribution in [-0.2, 0) is 9.59 Å². The van der Waals surface area contributed by atoms with Gasteiger partial charge in [0, 0.05) is 12.8 Å². The minimum absolute atomic E-state index is 0.122. The van der Waals surface area contributed by atoms with Crippen molar-refractivity contribution in [3.8, 4) is 0 Å². The Labute approximate surface area is 294 Å². The number of carbonyl (C=O) groups is 2. The van der Waals surface area contributed by atoms with E-state index in [-0.39, 0.29) is 18.3 Å². The van der Waals surface area contributed by atoms with Crippen LogP contribution in [0.2, 0.25) is 0 Å². The summed E-state index contributed by atoms with van der Waals surface area (Å²) < 4.78 is 0. The van der Waals surface area contributed by atoms with Crippen molar-refractivity contribution in [2.45, 2.75) is 258 Å². The maximum atomic E-state index is 11.5. The van der Waals surface area contributed by atoms with E-state index < -0.39 is 11.9 Å². The fourth-order valence-corrected chi connectivity index (χ4v) is 7.59. The normalized spacial score (nSPS) is 11.8. The highest BCUT2D eigenvalue weighted by atomic mass is 16.4. The summed E-state index contributed by atoms with van der Waals surface area (Å²) in [4.78, 5) is 23.0. The molecular formula is C43H84O4. The van der Waals surface area contributed by atoms with Crippen LogP contribution in [0.4, 0.5) is 0 Å². The van der Waals surface area contributed by atoms with Crippen molar-refractivity contribution in [2.75, 3.05) is 0 Å². The van der Waals surface area contributed by atoms with E-state index in [1.54, 1.807) is 0 Å². The molecule has 0 saturated heterocycles. The zero-order valence-corrected chi connectivity index (χ0v) is 32.1. The Kier molecular flexibility index (Phi) is 35.4. The van der Waals surface area contributed by atoms with Gasteiger partial charge in [0.2, 0.25) is 0 Å². The van der Waals surface area contributed by atoms with Gasteiger partial charge in [-0.1, -0.05) is 219 Å². The zero-order valence-electron chi connectivity index (χ0n) is 32.1. The highest BCUT2D eigenvalue weighted by Gasteiger charge is 2.30. The number of unbranched alkanes of at least 4 members (excludes halogenated alkanes) is 30. The summed E-state index contributed by atoms with van der Waals surface area (Å²) >= 11 is 0. The fraction of sp³-hybridized carbons (Fsp3) is 0.953. The van der Waals surface area contributed by atoms with Gasteiger partial charge in [-0.3, -0.25) is 9.59 Å². The molecule has 2 N–H and O–H groups in total. The summed E-state index contributed by atoms with van der Waals surface area (Å²) in [5.41, 5.74) is -0.122. The molecule has 0 unspecified atom stereocenters. The summed E-state index contributed by atoms with van der Waals surface area (Å²) in [7, 11) is 0. The lowest BCUT2D eigenvalue weighted by atomic mass is 9.71. The number of hydrogen-bond donors (Lipinski definition) is 2. The molecule has 0 aliphatic carbocycles. The van der Waals surface area contributed by atoms with E-state index in [4.69, 9.17) is 0 Å². The van der Waals surface area contributed by atoms with E-state index in [1.165, 1.54) is 193 Å². The van der Waals surface area contributed by atoms with Crippen LogP contribution in [0.1, 0.15) is 258 Å². The number of carboxylic acids is 2. The first-order valence-electron chi connectivity index (χ1n) is 21.4. The molecule has 4 nitrogen and oxygen atoms in total. The minimum Gasteiger partial charge on any atom is -0.481 e. The molecule has 0 amide bonds. The number of carboxylic acid groups (broad SMARTS) is 2. The number of hydrogen-bond acceptors (Lipinski definition) is 2. The molecule has 0 aliphatic rings. The molecule has 0 aromatic heterocycles. The van der Waals surface area contributed by atoms with E-state index in [0.29, 0.717) is 12.8 Å². The van der Waals surface area contributed by atoms with Crippen LogP contribution in [-0.4, -0.2) is 22.2 Å². The molecule has 0 saturated carbocycles. The van der Waals surface area contributed by atoms with Gasteiger partial charge in [-0.2, -0.15) is 0 Å². The van der Waals surface area contributed by atoms with Crippen LogP contribution in [0.25, 0.3) is 0 Å². The van der Waals surface area contributed by atoms with Gasteiger partial charge < -0.3 is 10.2 Å². The highest BCUT2D eigenvalue weighted by molar-refractivity contribution is 5.67. The van der Waals surface area contributed by atoms with Gasteiger partial charge in [0.05, 0.1) is 0 Å². The number of rotatable bonds is 40. The second-order valence-corrected chi connectivity index (χ2v) is 15.4. The third-order valence-corrected chi connectivity index (χ3v) is 10.9. The standard InChI is InChI=1S/C43H84O4/c1-3-5-7-9-11-13-15-17-19-21-23-25-27-29-31-33-37-43(39-35-41(44)45,40-36-42(46)47)38-34-32-30-28-26-24-22-20-18-16-14-12-10-8-6-4-2/h3-40H2,1-2H3,(H,44,45)(H,46,47). The maximum absolute atomic E-state index is 11.5. The van der Waals surface area contributed by atoms with Crippen molar-refractivity contribution in [1.82, 2.24) is 0 Å². The van der Waals surface area contributed by atoms with Crippen LogP contribution in [0.3, 0.4) is 0 Å². The zero-order chi connectivity index (χ0) is 34.5. The SMILES string of the molecule is CCCCCCCCCCCCCCCCCCC(CCCCCCCCCCCCCCCCCC)(CCC(=O)O)CCC(=O)O. The van der Waals surface area contributed by atoms with Gasteiger partial charge >= 0.3 is 11.9 Å². The summed E-state index contributed by atoms with van der Waals surface area (Å²) in [5.74, 6) is -1.49. The second-order valence-electron chi connectivity index (χ2n) is 15.4. The predicted octanol–water partition coefficient (Wildman–Crippen LogP) is 15.0. The molecule has 280 valence electrons. The Morgan fingerprint density at radius 3 is 0.702 bits per heavy atom. The molecule has 0 spiro atoms. The van der Waals surface area contributed by atoms with Gasteiger partial charge in [0.25, 0.3) is 0 Å². The predicted molar refractivity (Wildman–Crippen MR) is 204 cm³/mol. The molecule has 0 aromatic rings. The third kappa shape index (κ3) is 34.6. The Balaban J connectivity index is 4.14. The van der Waals surface area contributed by atoms with Crippen molar-refractivity contribution in [1.29, 1.82) is 0 Å². The average molecular weight is 665 g/mol. The smallest absolute Gasteiger partial charge is 0.303 e. The molecule has 47 heavy (non-hydrogen) atoms. The monoisotopic (exact) mass is 665 g/mol. The number of aliphatic carboxylic acids is 2. The van der Waals surface area contributed by atoms with Gasteiger partial charge in [-0.05, 0) is 31.1 Å². The molecule has 0 aliphatic heterocycles. The Hall–Kier alpha value is -1.06. The van der Waals surface area contributed by atoms with E-state index >= 15 is 0 Å². The van der Waals surface area contributed by atoms with E-state index in [9.17, 15) is 19.8 Å². The fourth-order valence-electron chi connectivity index (χ4n) is 7.59. The van der Waals surface area contributed by atoms with Gasteiger partial charge in [0.15, 0.2) is 0 Å². The summed E-state index contributed by atoms with van der Waals surface area (Å²) in [6.07, 6.45) is 46.7. The van der Waals surface area contributed by atoms with Gasteiger partial charge in [-0.15, -0.1) is 0 Å².